The monoisotopic (exact) mass is 301 g/mol. The van der Waals surface area contributed by atoms with E-state index in [1.54, 1.807) is 17.4 Å². The van der Waals surface area contributed by atoms with Gasteiger partial charge in [0.05, 0.1) is 3.79 Å². The Morgan fingerprint density at radius 1 is 1.33 bits per heavy atom. The Kier molecular flexibility index (Phi) is 3.05. The van der Waals surface area contributed by atoms with Crippen LogP contribution in [0.15, 0.2) is 28.1 Å². The van der Waals surface area contributed by atoms with Gasteiger partial charge in [0.1, 0.15) is 0 Å². The fourth-order valence-corrected chi connectivity index (χ4v) is 3.11. The zero-order valence-electron chi connectivity index (χ0n) is 8.05. The van der Waals surface area contributed by atoms with Crippen molar-refractivity contribution in [2.75, 3.05) is 5.73 Å². The summed E-state index contributed by atoms with van der Waals surface area (Å²) in [5.74, 6) is 0. The molecule has 1 heterocycles. The Morgan fingerprint density at radius 2 is 2.07 bits per heavy atom. The molecule has 0 fully saturated rings. The minimum atomic E-state index is 0.670. The Morgan fingerprint density at radius 3 is 2.60 bits per heavy atom. The van der Waals surface area contributed by atoms with Crippen molar-refractivity contribution in [2.24, 2.45) is 0 Å². The summed E-state index contributed by atoms with van der Waals surface area (Å²) >= 11 is 11.0. The second-order valence-corrected chi connectivity index (χ2v) is 6.11. The molecule has 2 rings (SSSR count). The molecule has 2 aromatic rings. The normalized spacial score (nSPS) is 10.6. The number of thiophene rings is 1. The number of nitrogens with two attached hydrogens (primary N) is 1. The molecular weight excluding hydrogens is 294 g/mol. The maximum absolute atomic E-state index is 5.92. The number of anilines is 1. The average molecular weight is 303 g/mol. The van der Waals surface area contributed by atoms with Crippen LogP contribution < -0.4 is 5.73 Å². The Bertz CT molecular complexity index is 488. The predicted octanol–water partition coefficient (Wildman–Crippen LogP) is 4.72. The van der Waals surface area contributed by atoms with E-state index in [9.17, 15) is 0 Å². The Hall–Kier alpha value is -0.510. The number of rotatable bonds is 1. The molecule has 0 aliphatic rings. The SMILES string of the molecule is Cc1cc(-c2ccc(Cl)cc2N)sc1Br. The molecule has 0 atom stereocenters. The molecule has 0 saturated heterocycles. The predicted molar refractivity (Wildman–Crippen MR) is 71.6 cm³/mol. The van der Waals surface area contributed by atoms with E-state index < -0.39 is 0 Å². The fourth-order valence-electron chi connectivity index (χ4n) is 1.35. The van der Waals surface area contributed by atoms with Crippen molar-refractivity contribution in [2.45, 2.75) is 6.92 Å². The molecule has 0 bridgehead atoms. The first-order valence-corrected chi connectivity index (χ1v) is 6.38. The van der Waals surface area contributed by atoms with Crippen LogP contribution in [0, 0.1) is 6.92 Å². The van der Waals surface area contributed by atoms with Gasteiger partial charge in [0, 0.05) is 21.2 Å². The summed E-state index contributed by atoms with van der Waals surface area (Å²) in [7, 11) is 0. The van der Waals surface area contributed by atoms with E-state index in [2.05, 4.69) is 28.9 Å². The zero-order valence-corrected chi connectivity index (χ0v) is 11.2. The van der Waals surface area contributed by atoms with Crippen molar-refractivity contribution in [3.8, 4) is 10.4 Å². The van der Waals surface area contributed by atoms with Crippen molar-refractivity contribution < 1.29 is 0 Å². The molecule has 78 valence electrons. The number of aryl methyl sites for hydroxylation is 1. The quantitative estimate of drug-likeness (QED) is 0.758. The first kappa shape index (κ1) is 11.0. The fraction of sp³-hybridized carbons (Fsp3) is 0.0909. The summed E-state index contributed by atoms with van der Waals surface area (Å²) in [5, 5.41) is 0.670. The van der Waals surface area contributed by atoms with E-state index in [-0.39, 0.29) is 0 Å². The van der Waals surface area contributed by atoms with Crippen LogP contribution in [-0.4, -0.2) is 0 Å². The van der Waals surface area contributed by atoms with Crippen LogP contribution in [-0.2, 0) is 0 Å². The molecule has 1 nitrogen and oxygen atoms in total. The molecule has 15 heavy (non-hydrogen) atoms. The van der Waals surface area contributed by atoms with Crippen molar-refractivity contribution in [3.05, 3.63) is 38.6 Å². The Balaban J connectivity index is 2.54. The number of benzene rings is 1. The van der Waals surface area contributed by atoms with E-state index in [0.717, 1.165) is 19.9 Å². The molecule has 1 aromatic carbocycles. The first-order chi connectivity index (χ1) is 7.08. The van der Waals surface area contributed by atoms with E-state index in [1.807, 2.05) is 12.1 Å². The molecule has 0 spiro atoms. The highest BCUT2D eigenvalue weighted by Crippen LogP contribution is 2.37. The number of nitrogen functional groups attached to an aromatic ring is 1. The van der Waals surface area contributed by atoms with Gasteiger partial charge < -0.3 is 5.73 Å². The number of halogens is 2. The lowest BCUT2D eigenvalue weighted by atomic mass is 10.1. The third-order valence-electron chi connectivity index (χ3n) is 2.14. The van der Waals surface area contributed by atoms with E-state index in [4.69, 9.17) is 17.3 Å². The highest BCUT2D eigenvalue weighted by molar-refractivity contribution is 9.11. The third-order valence-corrected chi connectivity index (χ3v) is 4.54. The second kappa shape index (κ2) is 4.16. The summed E-state index contributed by atoms with van der Waals surface area (Å²) in [6, 6.07) is 7.71. The summed E-state index contributed by atoms with van der Waals surface area (Å²) < 4.78 is 1.15. The summed E-state index contributed by atoms with van der Waals surface area (Å²) in [5.41, 5.74) is 8.90. The summed E-state index contributed by atoms with van der Waals surface area (Å²) in [6.45, 7) is 2.07. The molecule has 0 radical (unpaired) electrons. The van der Waals surface area contributed by atoms with E-state index in [0.29, 0.717) is 5.02 Å². The van der Waals surface area contributed by atoms with Gasteiger partial charge in [-0.3, -0.25) is 0 Å². The van der Waals surface area contributed by atoms with Gasteiger partial charge in [0.2, 0.25) is 0 Å². The maximum Gasteiger partial charge on any atom is 0.0734 e. The van der Waals surface area contributed by atoms with Crippen LogP contribution in [0.4, 0.5) is 5.69 Å². The van der Waals surface area contributed by atoms with Crippen LogP contribution in [0.3, 0.4) is 0 Å². The largest absolute Gasteiger partial charge is 0.398 e. The van der Waals surface area contributed by atoms with E-state index in [1.165, 1.54) is 5.56 Å². The lowest BCUT2D eigenvalue weighted by Crippen LogP contribution is -1.87. The number of hydrogen-bond donors (Lipinski definition) is 1. The van der Waals surface area contributed by atoms with Gasteiger partial charge in [-0.25, -0.2) is 0 Å². The van der Waals surface area contributed by atoms with Crippen molar-refractivity contribution >= 4 is 44.6 Å². The molecule has 0 amide bonds. The van der Waals surface area contributed by atoms with Crippen LogP contribution in [0.2, 0.25) is 5.02 Å². The molecule has 4 heteroatoms. The smallest absolute Gasteiger partial charge is 0.0734 e. The van der Waals surface area contributed by atoms with Crippen molar-refractivity contribution in [1.29, 1.82) is 0 Å². The van der Waals surface area contributed by atoms with E-state index >= 15 is 0 Å². The standard InChI is InChI=1S/C11H9BrClNS/c1-6-4-10(15-11(6)12)8-3-2-7(13)5-9(8)14/h2-5H,14H2,1H3. The van der Waals surface area contributed by atoms with Crippen molar-refractivity contribution in [3.63, 3.8) is 0 Å². The molecule has 0 saturated carbocycles. The zero-order chi connectivity index (χ0) is 11.0. The van der Waals surface area contributed by atoms with Crippen LogP contribution in [0.25, 0.3) is 10.4 Å². The van der Waals surface area contributed by atoms with Crippen LogP contribution in [0.1, 0.15) is 5.56 Å². The second-order valence-electron chi connectivity index (χ2n) is 3.30. The van der Waals surface area contributed by atoms with Gasteiger partial charge in [-0.05, 0) is 46.6 Å². The van der Waals surface area contributed by atoms with Gasteiger partial charge in [-0.1, -0.05) is 17.7 Å². The highest BCUT2D eigenvalue weighted by atomic mass is 79.9. The van der Waals surface area contributed by atoms with Gasteiger partial charge in [-0.15, -0.1) is 11.3 Å². The lowest BCUT2D eigenvalue weighted by molar-refractivity contribution is 1.52. The number of hydrogen-bond acceptors (Lipinski definition) is 2. The minimum absolute atomic E-state index is 0.670. The average Bonchev–Trinajstić information content (AvgIpc) is 2.46. The molecule has 0 aliphatic carbocycles. The van der Waals surface area contributed by atoms with Gasteiger partial charge in [0.25, 0.3) is 0 Å². The van der Waals surface area contributed by atoms with Gasteiger partial charge in [0.15, 0.2) is 0 Å². The molecule has 0 aliphatic heterocycles. The topological polar surface area (TPSA) is 26.0 Å². The van der Waals surface area contributed by atoms with Gasteiger partial charge >= 0.3 is 0 Å². The maximum atomic E-state index is 5.92. The summed E-state index contributed by atoms with van der Waals surface area (Å²) in [4.78, 5) is 1.16. The van der Waals surface area contributed by atoms with Crippen LogP contribution in [0.5, 0.6) is 0 Å². The minimum Gasteiger partial charge on any atom is -0.398 e. The molecular formula is C11H9BrClNS. The molecule has 2 N–H and O–H groups in total. The third kappa shape index (κ3) is 2.19. The highest BCUT2D eigenvalue weighted by Gasteiger charge is 2.08. The lowest BCUT2D eigenvalue weighted by Gasteiger charge is -2.02. The first-order valence-electron chi connectivity index (χ1n) is 4.39. The molecule has 0 unspecified atom stereocenters. The van der Waals surface area contributed by atoms with Gasteiger partial charge in [-0.2, -0.15) is 0 Å². The summed E-state index contributed by atoms with van der Waals surface area (Å²) in [6.07, 6.45) is 0. The van der Waals surface area contributed by atoms with Crippen molar-refractivity contribution in [1.82, 2.24) is 0 Å². The Labute approximate surface area is 106 Å². The van der Waals surface area contributed by atoms with Crippen LogP contribution >= 0.6 is 38.9 Å². The molecule has 1 aromatic heterocycles.